The van der Waals surface area contributed by atoms with Gasteiger partial charge in [0.15, 0.2) is 0 Å². The predicted molar refractivity (Wildman–Crippen MR) is 113 cm³/mol. The lowest BCUT2D eigenvalue weighted by Crippen LogP contribution is -2.20. The molecule has 5 atom stereocenters. The van der Waals surface area contributed by atoms with Crippen LogP contribution < -0.4 is 0 Å². The van der Waals surface area contributed by atoms with Crippen LogP contribution in [-0.2, 0) is 16.0 Å². The van der Waals surface area contributed by atoms with Gasteiger partial charge in [-0.25, -0.2) is 0 Å². The van der Waals surface area contributed by atoms with Gasteiger partial charge in [0.1, 0.15) is 0 Å². The zero-order valence-electron chi connectivity index (χ0n) is 17.2. The van der Waals surface area contributed by atoms with E-state index in [0.29, 0.717) is 25.7 Å². The van der Waals surface area contributed by atoms with E-state index in [1.54, 1.807) is 6.08 Å². The molecule has 0 radical (unpaired) electrons. The van der Waals surface area contributed by atoms with E-state index in [1.165, 1.54) is 12.7 Å². The highest BCUT2D eigenvalue weighted by molar-refractivity contribution is 5.69. The van der Waals surface area contributed by atoms with Gasteiger partial charge in [0.25, 0.3) is 0 Å². The van der Waals surface area contributed by atoms with Crippen LogP contribution in [0.1, 0.15) is 44.1 Å². The third-order valence-corrected chi connectivity index (χ3v) is 5.60. The molecule has 0 bridgehead atoms. The van der Waals surface area contributed by atoms with Crippen molar-refractivity contribution in [3.05, 3.63) is 60.2 Å². The summed E-state index contributed by atoms with van der Waals surface area (Å²) in [6.45, 7) is 0. The van der Waals surface area contributed by atoms with Crippen molar-refractivity contribution < 1.29 is 24.9 Å². The molecule has 0 aromatic heterocycles. The smallest absolute Gasteiger partial charge is 0.305 e. The molecule has 0 amide bonds. The summed E-state index contributed by atoms with van der Waals surface area (Å²) in [5, 5.41) is 30.9. The maximum Gasteiger partial charge on any atom is 0.305 e. The largest absolute Gasteiger partial charge is 0.469 e. The highest BCUT2D eigenvalue weighted by Gasteiger charge is 2.39. The van der Waals surface area contributed by atoms with Crippen LogP contribution in [0.15, 0.2) is 54.6 Å². The lowest BCUT2D eigenvalue weighted by Gasteiger charge is -2.19. The first-order valence-electron chi connectivity index (χ1n) is 10.5. The molecule has 29 heavy (non-hydrogen) atoms. The van der Waals surface area contributed by atoms with Gasteiger partial charge in [-0.15, -0.1) is 0 Å². The van der Waals surface area contributed by atoms with Gasteiger partial charge >= 0.3 is 5.97 Å². The summed E-state index contributed by atoms with van der Waals surface area (Å²) in [4.78, 5) is 11.1. The summed E-state index contributed by atoms with van der Waals surface area (Å²) in [5.74, 6) is -0.445. The molecule has 0 aliphatic heterocycles. The van der Waals surface area contributed by atoms with E-state index in [2.05, 4.69) is 4.74 Å². The van der Waals surface area contributed by atoms with Gasteiger partial charge < -0.3 is 20.1 Å². The van der Waals surface area contributed by atoms with Crippen LogP contribution in [0.2, 0.25) is 0 Å². The van der Waals surface area contributed by atoms with Gasteiger partial charge in [-0.2, -0.15) is 0 Å². The molecule has 160 valence electrons. The Hall–Kier alpha value is -1.95. The van der Waals surface area contributed by atoms with Crippen molar-refractivity contribution in [2.45, 2.75) is 63.3 Å². The summed E-state index contributed by atoms with van der Waals surface area (Å²) >= 11 is 0. The molecule has 0 spiro atoms. The van der Waals surface area contributed by atoms with E-state index in [4.69, 9.17) is 0 Å². The number of unbranched alkanes of at least 4 members (excludes halogenated alkanes) is 1. The number of carbonyl (C=O) groups is 1. The number of rotatable bonds is 11. The quantitative estimate of drug-likeness (QED) is 0.301. The Balaban J connectivity index is 1.80. The number of carbonyl (C=O) groups excluding carboxylic acids is 1. The maximum absolute atomic E-state index is 11.1. The van der Waals surface area contributed by atoms with Crippen molar-refractivity contribution in [1.82, 2.24) is 0 Å². The topological polar surface area (TPSA) is 87.0 Å². The third-order valence-electron chi connectivity index (χ3n) is 5.60. The van der Waals surface area contributed by atoms with Gasteiger partial charge in [-0.1, -0.05) is 54.6 Å². The molecule has 2 rings (SSSR count). The predicted octanol–water partition coefficient (Wildman–Crippen LogP) is 3.18. The number of esters is 1. The van der Waals surface area contributed by atoms with Crippen LogP contribution in [0.5, 0.6) is 0 Å². The summed E-state index contributed by atoms with van der Waals surface area (Å²) in [6.07, 6.45) is 10.3. The fourth-order valence-corrected chi connectivity index (χ4v) is 3.86. The summed E-state index contributed by atoms with van der Waals surface area (Å²) < 4.78 is 4.61. The van der Waals surface area contributed by atoms with Crippen molar-refractivity contribution in [1.29, 1.82) is 0 Å². The molecule has 5 unspecified atom stereocenters. The summed E-state index contributed by atoms with van der Waals surface area (Å²) in [5.41, 5.74) is 1.19. The van der Waals surface area contributed by atoms with Crippen LogP contribution >= 0.6 is 0 Å². The number of aryl methyl sites for hydroxylation is 1. The van der Waals surface area contributed by atoms with Crippen molar-refractivity contribution >= 4 is 5.97 Å². The zero-order valence-corrected chi connectivity index (χ0v) is 17.2. The van der Waals surface area contributed by atoms with E-state index in [0.717, 1.165) is 19.3 Å². The van der Waals surface area contributed by atoms with Gasteiger partial charge in [-0.05, 0) is 43.6 Å². The number of hydrogen-bond donors (Lipinski definition) is 3. The van der Waals surface area contributed by atoms with Crippen LogP contribution in [0.4, 0.5) is 0 Å². The molecule has 0 heterocycles. The maximum atomic E-state index is 11.1. The van der Waals surface area contributed by atoms with Gasteiger partial charge in [0, 0.05) is 18.8 Å². The molecule has 5 heteroatoms. The van der Waals surface area contributed by atoms with Crippen molar-refractivity contribution in [2.75, 3.05) is 7.11 Å². The molecular weight excluding hydrogens is 368 g/mol. The molecular formula is C24H34O5. The van der Waals surface area contributed by atoms with Crippen molar-refractivity contribution in [2.24, 2.45) is 11.8 Å². The Morgan fingerprint density at radius 3 is 2.69 bits per heavy atom. The third kappa shape index (κ3) is 8.13. The number of allylic oxidation sites excluding steroid dienone is 2. The average molecular weight is 403 g/mol. The second kappa shape index (κ2) is 12.6. The molecule has 1 aliphatic carbocycles. The zero-order chi connectivity index (χ0) is 21.1. The second-order valence-corrected chi connectivity index (χ2v) is 7.76. The highest BCUT2D eigenvalue weighted by Crippen LogP contribution is 2.36. The number of hydrogen-bond acceptors (Lipinski definition) is 5. The van der Waals surface area contributed by atoms with Crippen molar-refractivity contribution in [3.8, 4) is 0 Å². The number of benzene rings is 1. The Kier molecular flexibility index (Phi) is 10.1. The second-order valence-electron chi connectivity index (χ2n) is 7.76. The van der Waals surface area contributed by atoms with Gasteiger partial charge in [0.05, 0.1) is 25.4 Å². The fourth-order valence-electron chi connectivity index (χ4n) is 3.86. The molecule has 0 saturated heterocycles. The monoisotopic (exact) mass is 402 g/mol. The van der Waals surface area contributed by atoms with E-state index in [1.807, 2.05) is 48.6 Å². The molecule has 5 nitrogen and oxygen atoms in total. The number of aliphatic hydroxyl groups is 3. The number of ether oxygens (including phenoxy) is 1. The van der Waals surface area contributed by atoms with E-state index < -0.39 is 18.3 Å². The lowest BCUT2D eigenvalue weighted by atomic mass is 9.89. The Morgan fingerprint density at radius 1 is 1.21 bits per heavy atom. The van der Waals surface area contributed by atoms with Gasteiger partial charge in [0.2, 0.25) is 0 Å². The lowest BCUT2D eigenvalue weighted by molar-refractivity contribution is -0.140. The van der Waals surface area contributed by atoms with Crippen molar-refractivity contribution in [3.63, 3.8) is 0 Å². The highest BCUT2D eigenvalue weighted by atomic mass is 16.5. The first kappa shape index (κ1) is 23.3. The van der Waals surface area contributed by atoms with Crippen LogP contribution in [0, 0.1) is 11.8 Å². The molecule has 1 aromatic rings. The van der Waals surface area contributed by atoms with E-state index in [-0.39, 0.29) is 17.8 Å². The molecule has 1 aliphatic rings. The molecule has 1 aromatic carbocycles. The minimum atomic E-state index is -0.597. The van der Waals surface area contributed by atoms with E-state index in [9.17, 15) is 20.1 Å². The number of aliphatic hydroxyl groups excluding tert-OH is 3. The molecule has 1 saturated carbocycles. The average Bonchev–Trinajstić information content (AvgIpc) is 3.00. The van der Waals surface area contributed by atoms with Crippen LogP contribution in [-0.4, -0.2) is 46.7 Å². The Morgan fingerprint density at radius 2 is 1.97 bits per heavy atom. The standard InChI is InChI=1S/C24H34O5/c1-29-24(28)12-8-3-2-7-11-20-21(23(27)17-22(20)26)16-15-19(25)14-13-18-9-5-4-6-10-18/h2,4-7,9-10,15-16,19-23,25-27H,3,8,11-14,17H2,1H3. The first-order valence-corrected chi connectivity index (χ1v) is 10.5. The van der Waals surface area contributed by atoms with E-state index >= 15 is 0 Å². The minimum absolute atomic E-state index is 0.0700. The SMILES string of the molecule is COC(=O)CCCC=CCC1C(O)CC(O)C1C=CC(O)CCc1ccccc1. The van der Waals surface area contributed by atoms with Crippen LogP contribution in [0.3, 0.4) is 0 Å². The Bertz CT molecular complexity index is 654. The fraction of sp³-hybridized carbons (Fsp3) is 0.542. The molecule has 1 fully saturated rings. The number of methoxy groups -OCH3 is 1. The molecule has 3 N–H and O–H groups in total. The normalized spacial score (nSPS) is 25.7. The van der Waals surface area contributed by atoms with Gasteiger partial charge in [-0.3, -0.25) is 4.79 Å². The minimum Gasteiger partial charge on any atom is -0.469 e. The first-order chi connectivity index (χ1) is 14.0. The summed E-state index contributed by atoms with van der Waals surface area (Å²) in [7, 11) is 1.39. The summed E-state index contributed by atoms with van der Waals surface area (Å²) in [6, 6.07) is 10.0. The van der Waals surface area contributed by atoms with Crippen LogP contribution in [0.25, 0.3) is 0 Å². The Labute approximate surface area is 173 Å².